The molecule has 2 rings (SSSR count). The van der Waals surface area contributed by atoms with Crippen LogP contribution in [0.15, 0.2) is 24.3 Å². The number of nitrogens with one attached hydrogen (secondary N) is 2. The van der Waals surface area contributed by atoms with Crippen molar-refractivity contribution in [1.29, 1.82) is 0 Å². The molecule has 0 radical (unpaired) electrons. The Hall–Kier alpha value is -2.57. The number of piperidine rings is 1. The molecule has 1 heterocycles. The van der Waals surface area contributed by atoms with E-state index in [1.165, 1.54) is 0 Å². The van der Waals surface area contributed by atoms with Crippen molar-refractivity contribution in [3.63, 3.8) is 0 Å². The molecule has 1 aromatic carbocycles. The van der Waals surface area contributed by atoms with E-state index in [1.54, 1.807) is 29.2 Å². The minimum Gasteiger partial charge on any atom is -0.481 e. The Kier molecular flexibility index (Phi) is 5.78. The molecule has 0 aromatic heterocycles. The van der Waals surface area contributed by atoms with Crippen molar-refractivity contribution in [3.05, 3.63) is 29.8 Å². The molecule has 0 bridgehead atoms. The average Bonchev–Trinajstić information content (AvgIpc) is 2.54. The van der Waals surface area contributed by atoms with Crippen LogP contribution in [-0.4, -0.2) is 47.0 Å². The highest BCUT2D eigenvalue weighted by atomic mass is 16.4. The number of aliphatic carboxylic acids is 1. The van der Waals surface area contributed by atoms with Gasteiger partial charge in [0.25, 0.3) is 5.91 Å². The number of rotatable bonds is 4. The van der Waals surface area contributed by atoms with Gasteiger partial charge in [0, 0.05) is 30.4 Å². The molecule has 1 aliphatic heterocycles. The topological polar surface area (TPSA) is 98.7 Å². The highest BCUT2D eigenvalue weighted by Gasteiger charge is 2.28. The Morgan fingerprint density at radius 1 is 1.21 bits per heavy atom. The first kappa shape index (κ1) is 17.8. The van der Waals surface area contributed by atoms with Gasteiger partial charge < -0.3 is 20.6 Å². The van der Waals surface area contributed by atoms with Gasteiger partial charge in [0.15, 0.2) is 0 Å². The minimum atomic E-state index is -0.858. The molecule has 130 valence electrons. The van der Waals surface area contributed by atoms with E-state index >= 15 is 0 Å². The van der Waals surface area contributed by atoms with Gasteiger partial charge in [0.2, 0.25) is 0 Å². The summed E-state index contributed by atoms with van der Waals surface area (Å²) in [5.41, 5.74) is 1.07. The first-order chi connectivity index (χ1) is 11.4. The first-order valence-corrected chi connectivity index (χ1v) is 8.06. The largest absolute Gasteiger partial charge is 0.481 e. The molecule has 0 unspecified atom stereocenters. The number of amides is 3. The van der Waals surface area contributed by atoms with Crippen LogP contribution in [0.3, 0.4) is 0 Å². The van der Waals surface area contributed by atoms with Crippen LogP contribution < -0.4 is 10.6 Å². The lowest BCUT2D eigenvalue weighted by molar-refractivity contribution is -0.143. The lowest BCUT2D eigenvalue weighted by Crippen LogP contribution is -2.42. The lowest BCUT2D eigenvalue weighted by atomic mass is 9.97. The van der Waals surface area contributed by atoms with Crippen LogP contribution in [0.1, 0.15) is 37.0 Å². The predicted octanol–water partition coefficient (Wildman–Crippen LogP) is 2.15. The normalized spacial score (nSPS) is 17.5. The predicted molar refractivity (Wildman–Crippen MR) is 90.0 cm³/mol. The molecule has 1 atom stereocenters. The van der Waals surface area contributed by atoms with E-state index in [1.807, 2.05) is 13.8 Å². The number of urea groups is 1. The SMILES string of the molecule is CC(C)NC(=O)Nc1ccc(C(=O)N2CCC[C@H](C(=O)O)C2)cc1. The summed E-state index contributed by atoms with van der Waals surface area (Å²) in [4.78, 5) is 36.8. The first-order valence-electron chi connectivity index (χ1n) is 8.06. The second-order valence-corrected chi connectivity index (χ2v) is 6.26. The van der Waals surface area contributed by atoms with Crippen molar-refractivity contribution in [2.24, 2.45) is 5.92 Å². The summed E-state index contributed by atoms with van der Waals surface area (Å²) >= 11 is 0. The summed E-state index contributed by atoms with van der Waals surface area (Å²) in [7, 11) is 0. The maximum atomic E-state index is 12.5. The number of carboxylic acid groups (broad SMARTS) is 1. The van der Waals surface area contributed by atoms with Crippen LogP contribution in [0.5, 0.6) is 0 Å². The second kappa shape index (κ2) is 7.81. The van der Waals surface area contributed by atoms with Crippen LogP contribution in [0.25, 0.3) is 0 Å². The Balaban J connectivity index is 1.98. The monoisotopic (exact) mass is 333 g/mol. The van der Waals surface area contributed by atoms with E-state index < -0.39 is 11.9 Å². The highest BCUT2D eigenvalue weighted by Crippen LogP contribution is 2.19. The van der Waals surface area contributed by atoms with Gasteiger partial charge in [-0.05, 0) is 51.0 Å². The third-order valence-corrected chi connectivity index (χ3v) is 3.87. The zero-order valence-corrected chi connectivity index (χ0v) is 13.9. The van der Waals surface area contributed by atoms with Gasteiger partial charge in [0.1, 0.15) is 0 Å². The maximum absolute atomic E-state index is 12.5. The summed E-state index contributed by atoms with van der Waals surface area (Å²) in [5, 5.41) is 14.5. The number of hydrogen-bond acceptors (Lipinski definition) is 3. The van der Waals surface area contributed by atoms with E-state index in [0.717, 1.165) is 0 Å². The smallest absolute Gasteiger partial charge is 0.319 e. The zero-order chi connectivity index (χ0) is 17.7. The molecule has 0 aliphatic carbocycles. The molecule has 1 fully saturated rings. The van der Waals surface area contributed by atoms with Gasteiger partial charge in [-0.15, -0.1) is 0 Å². The van der Waals surface area contributed by atoms with E-state index in [0.29, 0.717) is 30.6 Å². The minimum absolute atomic E-state index is 0.0344. The number of nitrogens with zero attached hydrogens (tertiary/aromatic N) is 1. The number of anilines is 1. The molecule has 7 heteroatoms. The summed E-state index contributed by atoms with van der Waals surface area (Å²) in [6.07, 6.45) is 1.30. The lowest BCUT2D eigenvalue weighted by Gasteiger charge is -2.30. The summed E-state index contributed by atoms with van der Waals surface area (Å²) in [5.74, 6) is -1.54. The molecule has 1 aliphatic rings. The van der Waals surface area contributed by atoms with Crippen molar-refractivity contribution in [1.82, 2.24) is 10.2 Å². The van der Waals surface area contributed by atoms with Crippen LogP contribution in [0.4, 0.5) is 10.5 Å². The van der Waals surface area contributed by atoms with Crippen molar-refractivity contribution in [3.8, 4) is 0 Å². The molecule has 1 aromatic rings. The number of benzene rings is 1. The number of carbonyl (C=O) groups is 3. The number of carboxylic acids is 1. The van der Waals surface area contributed by atoms with Crippen LogP contribution in [0, 0.1) is 5.92 Å². The fourth-order valence-electron chi connectivity index (χ4n) is 2.67. The summed E-state index contributed by atoms with van der Waals surface area (Å²) in [6, 6.07) is 6.32. The zero-order valence-electron chi connectivity index (χ0n) is 13.9. The number of hydrogen-bond donors (Lipinski definition) is 3. The Bertz CT molecular complexity index is 613. The van der Waals surface area contributed by atoms with Gasteiger partial charge in [-0.25, -0.2) is 4.79 Å². The number of likely N-dealkylation sites (tertiary alicyclic amines) is 1. The van der Waals surface area contributed by atoms with Gasteiger partial charge in [-0.2, -0.15) is 0 Å². The van der Waals surface area contributed by atoms with Gasteiger partial charge in [-0.1, -0.05) is 0 Å². The van der Waals surface area contributed by atoms with Crippen molar-refractivity contribution < 1.29 is 19.5 Å². The standard InChI is InChI=1S/C17H23N3O4/c1-11(2)18-17(24)19-14-7-5-12(6-8-14)15(21)20-9-3-4-13(10-20)16(22)23/h5-8,11,13H,3-4,9-10H2,1-2H3,(H,22,23)(H2,18,19,24)/t13-/m0/s1. The van der Waals surface area contributed by atoms with Gasteiger partial charge >= 0.3 is 12.0 Å². The quantitative estimate of drug-likeness (QED) is 0.786. The Morgan fingerprint density at radius 2 is 1.88 bits per heavy atom. The van der Waals surface area contributed by atoms with Gasteiger partial charge in [-0.3, -0.25) is 9.59 Å². The van der Waals surface area contributed by atoms with Crippen molar-refractivity contribution in [2.75, 3.05) is 18.4 Å². The molecule has 24 heavy (non-hydrogen) atoms. The van der Waals surface area contributed by atoms with E-state index in [-0.39, 0.29) is 24.5 Å². The fraction of sp³-hybridized carbons (Fsp3) is 0.471. The highest BCUT2D eigenvalue weighted by molar-refractivity contribution is 5.96. The third-order valence-electron chi connectivity index (χ3n) is 3.87. The van der Waals surface area contributed by atoms with E-state index in [4.69, 9.17) is 5.11 Å². The van der Waals surface area contributed by atoms with Gasteiger partial charge in [0.05, 0.1) is 5.92 Å². The summed E-state index contributed by atoms with van der Waals surface area (Å²) < 4.78 is 0. The fourth-order valence-corrected chi connectivity index (χ4v) is 2.67. The van der Waals surface area contributed by atoms with Crippen molar-refractivity contribution >= 4 is 23.6 Å². The second-order valence-electron chi connectivity index (χ2n) is 6.26. The van der Waals surface area contributed by atoms with Crippen LogP contribution >= 0.6 is 0 Å². The van der Waals surface area contributed by atoms with Crippen LogP contribution in [-0.2, 0) is 4.79 Å². The van der Waals surface area contributed by atoms with Crippen molar-refractivity contribution in [2.45, 2.75) is 32.7 Å². The molecule has 1 saturated heterocycles. The molecule has 3 amide bonds. The van der Waals surface area contributed by atoms with E-state index in [2.05, 4.69) is 10.6 Å². The van der Waals surface area contributed by atoms with Crippen LogP contribution in [0.2, 0.25) is 0 Å². The molecular weight excluding hydrogens is 310 g/mol. The molecule has 7 nitrogen and oxygen atoms in total. The third kappa shape index (κ3) is 4.71. The maximum Gasteiger partial charge on any atom is 0.319 e. The van der Waals surface area contributed by atoms with E-state index in [9.17, 15) is 14.4 Å². The average molecular weight is 333 g/mol. The molecule has 0 saturated carbocycles. The summed E-state index contributed by atoms with van der Waals surface area (Å²) in [6.45, 7) is 4.54. The molecule has 3 N–H and O–H groups in total. The molecular formula is C17H23N3O4. The number of carbonyl (C=O) groups excluding carboxylic acids is 2. The Morgan fingerprint density at radius 3 is 2.46 bits per heavy atom. The Labute approximate surface area is 141 Å². The molecule has 0 spiro atoms.